The van der Waals surface area contributed by atoms with Gasteiger partial charge in [0.25, 0.3) is 5.56 Å². The molecule has 2 aliphatic heterocycles. The van der Waals surface area contributed by atoms with Crippen LogP contribution in [0.25, 0.3) is 0 Å². The van der Waals surface area contributed by atoms with Crippen LogP contribution < -0.4 is 10.5 Å². The Bertz CT molecular complexity index is 482. The van der Waals surface area contributed by atoms with Crippen LogP contribution in [-0.4, -0.2) is 36.5 Å². The molecule has 0 saturated carbocycles. The molecule has 3 heterocycles. The van der Waals surface area contributed by atoms with E-state index in [1.165, 1.54) is 0 Å². The van der Waals surface area contributed by atoms with Crippen molar-refractivity contribution >= 4 is 17.3 Å². The van der Waals surface area contributed by atoms with Gasteiger partial charge in [-0.3, -0.25) is 4.79 Å². The minimum atomic E-state index is -0.326. The fourth-order valence-corrected chi connectivity index (χ4v) is 2.92. The maximum atomic E-state index is 11.4. The van der Waals surface area contributed by atoms with E-state index in [0.29, 0.717) is 0 Å². The van der Waals surface area contributed by atoms with E-state index >= 15 is 0 Å². The Balaban J connectivity index is 1.87. The molecule has 2 saturated heterocycles. The number of hydrogen-bond donors (Lipinski definition) is 1. The van der Waals surface area contributed by atoms with Gasteiger partial charge < -0.3 is 9.64 Å². The van der Waals surface area contributed by atoms with Gasteiger partial charge >= 0.3 is 0 Å². The van der Waals surface area contributed by atoms with Crippen LogP contribution in [0.2, 0.25) is 5.02 Å². The zero-order valence-corrected chi connectivity index (χ0v) is 10.2. The summed E-state index contributed by atoms with van der Waals surface area (Å²) in [5, 5.41) is 6.38. The van der Waals surface area contributed by atoms with Gasteiger partial charge in [0.05, 0.1) is 18.5 Å². The van der Waals surface area contributed by atoms with E-state index in [2.05, 4.69) is 15.1 Å². The lowest BCUT2D eigenvalue weighted by atomic mass is 9.87. The van der Waals surface area contributed by atoms with Gasteiger partial charge in [-0.05, 0) is 12.8 Å². The van der Waals surface area contributed by atoms with Gasteiger partial charge in [0.1, 0.15) is 5.02 Å². The number of nitrogens with one attached hydrogen (secondary N) is 1. The Morgan fingerprint density at radius 2 is 2.41 bits per heavy atom. The predicted molar refractivity (Wildman–Crippen MR) is 64.6 cm³/mol. The molecule has 3 rings (SSSR count). The standard InChI is InChI=1S/C11H14ClN3O2/c12-9-8(5-13-14-10(9)16)15-3-1-11(6-15)2-4-17-7-11/h5H,1-4,6-7H2,(H,14,16)/t11-/m0/s1. The van der Waals surface area contributed by atoms with Gasteiger partial charge in [-0.1, -0.05) is 11.6 Å². The highest BCUT2D eigenvalue weighted by Gasteiger charge is 2.41. The van der Waals surface area contributed by atoms with E-state index in [-0.39, 0.29) is 16.0 Å². The summed E-state index contributed by atoms with van der Waals surface area (Å²) in [6.07, 6.45) is 3.81. The van der Waals surface area contributed by atoms with Crippen LogP contribution in [-0.2, 0) is 4.74 Å². The maximum Gasteiger partial charge on any atom is 0.285 e. The molecule has 92 valence electrons. The molecule has 1 spiro atoms. The highest BCUT2D eigenvalue weighted by Crippen LogP contribution is 2.40. The second-order valence-corrected chi connectivity index (χ2v) is 5.25. The zero-order valence-electron chi connectivity index (χ0n) is 9.41. The third-order valence-electron chi connectivity index (χ3n) is 3.74. The smallest absolute Gasteiger partial charge is 0.285 e. The molecule has 6 heteroatoms. The molecule has 2 aliphatic rings. The third kappa shape index (κ3) is 1.83. The molecule has 0 aliphatic carbocycles. The molecule has 1 N–H and O–H groups in total. The molecule has 1 atom stereocenters. The first-order valence-corrected chi connectivity index (χ1v) is 6.14. The molecule has 1 aromatic rings. The molecule has 0 unspecified atom stereocenters. The highest BCUT2D eigenvalue weighted by atomic mass is 35.5. The quantitative estimate of drug-likeness (QED) is 0.815. The minimum absolute atomic E-state index is 0.232. The topological polar surface area (TPSA) is 58.2 Å². The Kier molecular flexibility index (Phi) is 2.60. The molecular formula is C11H14ClN3O2. The Labute approximate surface area is 104 Å². The Morgan fingerprint density at radius 1 is 1.53 bits per heavy atom. The third-order valence-corrected chi connectivity index (χ3v) is 4.11. The molecule has 0 aromatic carbocycles. The van der Waals surface area contributed by atoms with Crippen LogP contribution in [0.4, 0.5) is 5.69 Å². The number of hydrogen-bond acceptors (Lipinski definition) is 4. The fraction of sp³-hybridized carbons (Fsp3) is 0.636. The largest absolute Gasteiger partial charge is 0.381 e. The molecule has 0 bridgehead atoms. The second kappa shape index (κ2) is 3.99. The van der Waals surface area contributed by atoms with Crippen molar-refractivity contribution in [1.29, 1.82) is 0 Å². The lowest BCUT2D eigenvalue weighted by molar-refractivity contribution is 0.160. The van der Waals surface area contributed by atoms with Gasteiger partial charge in [-0.15, -0.1) is 0 Å². The number of H-pyrrole nitrogens is 1. The first-order chi connectivity index (χ1) is 8.20. The summed E-state index contributed by atoms with van der Waals surface area (Å²) in [6.45, 7) is 3.47. The summed E-state index contributed by atoms with van der Waals surface area (Å²) in [5.41, 5.74) is 0.665. The number of rotatable bonds is 1. The number of ether oxygens (including phenoxy) is 1. The summed E-state index contributed by atoms with van der Waals surface area (Å²) in [6, 6.07) is 0. The monoisotopic (exact) mass is 255 g/mol. The van der Waals surface area contributed by atoms with Crippen molar-refractivity contribution < 1.29 is 4.74 Å². The number of anilines is 1. The molecular weight excluding hydrogens is 242 g/mol. The molecule has 0 radical (unpaired) electrons. The second-order valence-electron chi connectivity index (χ2n) is 4.87. The van der Waals surface area contributed by atoms with Gasteiger partial charge in [-0.2, -0.15) is 5.10 Å². The summed E-state index contributed by atoms with van der Waals surface area (Å²) in [7, 11) is 0. The van der Waals surface area contributed by atoms with E-state index in [1.807, 2.05) is 0 Å². The Hall–Kier alpha value is -1.07. The van der Waals surface area contributed by atoms with Crippen LogP contribution in [0.15, 0.2) is 11.0 Å². The molecule has 2 fully saturated rings. The SMILES string of the molecule is O=c1[nH]ncc(N2CC[C@]3(CCOC3)C2)c1Cl. The first kappa shape index (κ1) is 11.0. The maximum absolute atomic E-state index is 11.4. The van der Waals surface area contributed by atoms with E-state index in [9.17, 15) is 4.79 Å². The predicted octanol–water partition coefficient (Wildman–Crippen LogP) is 1.04. The van der Waals surface area contributed by atoms with Crippen molar-refractivity contribution in [2.75, 3.05) is 31.2 Å². The van der Waals surface area contributed by atoms with Gasteiger partial charge in [0, 0.05) is 25.1 Å². The van der Waals surface area contributed by atoms with Crippen LogP contribution in [0.5, 0.6) is 0 Å². The van der Waals surface area contributed by atoms with Crippen molar-refractivity contribution in [3.8, 4) is 0 Å². The zero-order chi connectivity index (χ0) is 11.9. The van der Waals surface area contributed by atoms with Crippen LogP contribution in [0.3, 0.4) is 0 Å². The average molecular weight is 256 g/mol. The van der Waals surface area contributed by atoms with E-state index in [1.54, 1.807) is 6.20 Å². The van der Waals surface area contributed by atoms with Crippen molar-refractivity contribution in [1.82, 2.24) is 10.2 Å². The molecule has 17 heavy (non-hydrogen) atoms. The Morgan fingerprint density at radius 3 is 3.18 bits per heavy atom. The molecule has 0 amide bonds. The van der Waals surface area contributed by atoms with E-state index in [4.69, 9.17) is 16.3 Å². The van der Waals surface area contributed by atoms with E-state index in [0.717, 1.165) is 44.8 Å². The van der Waals surface area contributed by atoms with Crippen molar-refractivity contribution in [2.45, 2.75) is 12.8 Å². The van der Waals surface area contributed by atoms with Crippen LogP contribution >= 0.6 is 11.6 Å². The average Bonchev–Trinajstić information content (AvgIpc) is 2.94. The lowest BCUT2D eigenvalue weighted by Gasteiger charge is -2.23. The van der Waals surface area contributed by atoms with Gasteiger partial charge in [0.2, 0.25) is 0 Å². The van der Waals surface area contributed by atoms with Crippen molar-refractivity contribution in [3.63, 3.8) is 0 Å². The lowest BCUT2D eigenvalue weighted by Crippen LogP contribution is -2.28. The number of nitrogens with zero attached hydrogens (tertiary/aromatic N) is 2. The summed E-state index contributed by atoms with van der Waals surface area (Å²) < 4.78 is 5.48. The van der Waals surface area contributed by atoms with Crippen molar-refractivity contribution in [2.24, 2.45) is 5.41 Å². The number of aromatic nitrogens is 2. The summed E-state index contributed by atoms with van der Waals surface area (Å²) in [5.74, 6) is 0. The summed E-state index contributed by atoms with van der Waals surface area (Å²) in [4.78, 5) is 13.5. The van der Waals surface area contributed by atoms with Gasteiger partial charge in [-0.25, -0.2) is 5.10 Å². The minimum Gasteiger partial charge on any atom is -0.381 e. The van der Waals surface area contributed by atoms with Gasteiger partial charge in [0.15, 0.2) is 0 Å². The first-order valence-electron chi connectivity index (χ1n) is 5.76. The highest BCUT2D eigenvalue weighted by molar-refractivity contribution is 6.33. The number of halogens is 1. The van der Waals surface area contributed by atoms with Crippen LogP contribution in [0.1, 0.15) is 12.8 Å². The molecule has 1 aromatic heterocycles. The van der Waals surface area contributed by atoms with Crippen LogP contribution in [0, 0.1) is 5.41 Å². The fourth-order valence-electron chi connectivity index (χ4n) is 2.71. The molecule has 5 nitrogen and oxygen atoms in total. The normalized spacial score (nSPS) is 28.2. The summed E-state index contributed by atoms with van der Waals surface area (Å²) >= 11 is 6.01. The van der Waals surface area contributed by atoms with E-state index < -0.39 is 0 Å². The number of aromatic amines is 1. The van der Waals surface area contributed by atoms with Crippen molar-refractivity contribution in [3.05, 3.63) is 21.6 Å².